The van der Waals surface area contributed by atoms with Gasteiger partial charge in [0.2, 0.25) is 0 Å². The van der Waals surface area contributed by atoms with E-state index in [-0.39, 0.29) is 23.0 Å². The Labute approximate surface area is 130 Å². The molecule has 0 aliphatic carbocycles. The molecule has 0 saturated heterocycles. The molecule has 0 spiro atoms. The van der Waals surface area contributed by atoms with E-state index in [9.17, 15) is 9.59 Å². The summed E-state index contributed by atoms with van der Waals surface area (Å²) in [5.74, 6) is -0.814. The lowest BCUT2D eigenvalue weighted by Gasteiger charge is -2.05. The number of carbonyl (C=O) groups is 2. The van der Waals surface area contributed by atoms with Crippen molar-refractivity contribution in [3.63, 3.8) is 0 Å². The van der Waals surface area contributed by atoms with Crippen molar-refractivity contribution in [3.8, 4) is 0 Å². The van der Waals surface area contributed by atoms with Crippen LogP contribution in [0.4, 0.5) is 10.7 Å². The molecular weight excluding hydrogens is 286 g/mol. The topological polar surface area (TPSA) is 98.2 Å². The van der Waals surface area contributed by atoms with E-state index in [1.165, 1.54) is 24.2 Å². The first-order chi connectivity index (χ1) is 9.90. The van der Waals surface area contributed by atoms with E-state index < -0.39 is 5.91 Å². The molecule has 0 atom stereocenters. The molecule has 0 saturated carbocycles. The van der Waals surface area contributed by atoms with Crippen molar-refractivity contribution in [3.05, 3.63) is 10.4 Å². The Morgan fingerprint density at radius 3 is 2.43 bits per heavy atom. The predicted octanol–water partition coefficient (Wildman–Crippen LogP) is 3.26. The van der Waals surface area contributed by atoms with E-state index in [1.807, 2.05) is 13.8 Å². The van der Waals surface area contributed by atoms with Crippen LogP contribution < -0.4 is 16.8 Å². The van der Waals surface area contributed by atoms with Gasteiger partial charge in [-0.05, 0) is 6.42 Å². The predicted molar refractivity (Wildman–Crippen MR) is 89.0 cm³/mol. The van der Waals surface area contributed by atoms with Gasteiger partial charge in [0.15, 0.2) is 5.78 Å². The van der Waals surface area contributed by atoms with Crippen LogP contribution in [0, 0.1) is 5.92 Å². The fraction of sp³-hybridized carbons (Fsp3) is 0.600. The monoisotopic (exact) mass is 311 g/mol. The van der Waals surface area contributed by atoms with Gasteiger partial charge in [0.25, 0.3) is 5.91 Å². The number of anilines is 2. The van der Waals surface area contributed by atoms with Gasteiger partial charge >= 0.3 is 0 Å². The van der Waals surface area contributed by atoms with E-state index in [1.54, 1.807) is 0 Å². The molecule has 118 valence electrons. The second kappa shape index (κ2) is 8.02. The summed E-state index contributed by atoms with van der Waals surface area (Å²) in [5, 5.41) is 3.81. The molecule has 0 fully saturated rings. The van der Waals surface area contributed by atoms with Crippen LogP contribution >= 0.6 is 11.3 Å². The number of nitrogens with two attached hydrogens (primary N) is 2. The lowest BCUT2D eigenvalue weighted by atomic mass is 10.1. The van der Waals surface area contributed by atoms with Gasteiger partial charge in [-0.15, -0.1) is 11.3 Å². The minimum Gasteiger partial charge on any atom is -0.397 e. The van der Waals surface area contributed by atoms with Gasteiger partial charge in [0.1, 0.15) is 5.00 Å². The van der Waals surface area contributed by atoms with E-state index in [0.29, 0.717) is 9.88 Å². The van der Waals surface area contributed by atoms with Crippen molar-refractivity contribution < 1.29 is 9.59 Å². The molecule has 1 amide bonds. The van der Waals surface area contributed by atoms with Gasteiger partial charge in [-0.2, -0.15) is 0 Å². The Balaban J connectivity index is 2.89. The normalized spacial score (nSPS) is 10.9. The Kier molecular flexibility index (Phi) is 6.68. The molecule has 5 nitrogen and oxygen atoms in total. The number of ketones is 1. The van der Waals surface area contributed by atoms with Crippen molar-refractivity contribution in [1.82, 2.24) is 0 Å². The highest BCUT2D eigenvalue weighted by atomic mass is 32.1. The number of nitrogen functional groups attached to an aromatic ring is 1. The SMILES string of the molecule is CCCCCCNc1sc(C(=O)C(C)C)c(N)c1C(N)=O. The molecule has 0 aromatic carbocycles. The number of primary amides is 1. The van der Waals surface area contributed by atoms with Crippen LogP contribution in [0.15, 0.2) is 0 Å². The van der Waals surface area contributed by atoms with Crippen molar-refractivity contribution in [2.45, 2.75) is 46.5 Å². The minimum absolute atomic E-state index is 0.0565. The van der Waals surface area contributed by atoms with Crippen LogP contribution in [-0.4, -0.2) is 18.2 Å². The highest BCUT2D eigenvalue weighted by Gasteiger charge is 2.25. The average molecular weight is 311 g/mol. The number of unbranched alkanes of at least 4 members (excludes halogenated alkanes) is 3. The number of Topliss-reactive ketones (excluding diaryl/α,β-unsaturated/α-hetero) is 1. The number of hydrogen-bond donors (Lipinski definition) is 3. The smallest absolute Gasteiger partial charge is 0.253 e. The van der Waals surface area contributed by atoms with Gasteiger partial charge < -0.3 is 16.8 Å². The zero-order valence-corrected chi connectivity index (χ0v) is 13.8. The van der Waals surface area contributed by atoms with Crippen molar-refractivity contribution in [2.24, 2.45) is 11.7 Å². The summed E-state index contributed by atoms with van der Waals surface area (Å²) < 4.78 is 0. The van der Waals surface area contributed by atoms with Gasteiger partial charge in [0.05, 0.1) is 16.1 Å². The summed E-state index contributed by atoms with van der Waals surface area (Å²) in [6, 6.07) is 0. The van der Waals surface area contributed by atoms with Crippen LogP contribution in [-0.2, 0) is 0 Å². The van der Waals surface area contributed by atoms with Crippen molar-refractivity contribution >= 4 is 33.7 Å². The number of amides is 1. The van der Waals surface area contributed by atoms with Gasteiger partial charge in [-0.3, -0.25) is 9.59 Å². The van der Waals surface area contributed by atoms with E-state index >= 15 is 0 Å². The molecule has 0 aliphatic heterocycles. The van der Waals surface area contributed by atoms with Crippen LogP contribution in [0.5, 0.6) is 0 Å². The third-order valence-corrected chi connectivity index (χ3v) is 4.43. The standard InChI is InChI=1S/C15H25N3O2S/c1-4-5-6-7-8-18-15-10(14(17)20)11(16)13(21-15)12(19)9(2)3/h9,18H,4-8,16H2,1-3H3,(H2,17,20). The molecule has 5 N–H and O–H groups in total. The first-order valence-corrected chi connectivity index (χ1v) is 8.21. The molecule has 0 radical (unpaired) electrons. The number of thiophene rings is 1. The highest BCUT2D eigenvalue weighted by Crippen LogP contribution is 2.36. The molecule has 0 unspecified atom stereocenters. The summed E-state index contributed by atoms with van der Waals surface area (Å²) in [6.07, 6.45) is 4.50. The summed E-state index contributed by atoms with van der Waals surface area (Å²) >= 11 is 1.23. The molecule has 0 bridgehead atoms. The number of hydrogen-bond acceptors (Lipinski definition) is 5. The van der Waals surface area contributed by atoms with Gasteiger partial charge in [0, 0.05) is 12.5 Å². The van der Waals surface area contributed by atoms with E-state index in [4.69, 9.17) is 11.5 Å². The van der Waals surface area contributed by atoms with Crippen molar-refractivity contribution in [2.75, 3.05) is 17.6 Å². The first kappa shape index (κ1) is 17.5. The zero-order valence-electron chi connectivity index (χ0n) is 13.0. The largest absolute Gasteiger partial charge is 0.397 e. The van der Waals surface area contributed by atoms with Gasteiger partial charge in [-0.25, -0.2) is 0 Å². The number of carbonyl (C=O) groups excluding carboxylic acids is 2. The third-order valence-electron chi connectivity index (χ3n) is 3.26. The maximum Gasteiger partial charge on any atom is 0.253 e. The zero-order chi connectivity index (χ0) is 16.0. The van der Waals surface area contributed by atoms with E-state index in [0.717, 1.165) is 19.4 Å². The van der Waals surface area contributed by atoms with Crippen LogP contribution in [0.3, 0.4) is 0 Å². The van der Waals surface area contributed by atoms with Crippen molar-refractivity contribution in [1.29, 1.82) is 0 Å². The number of nitrogens with one attached hydrogen (secondary N) is 1. The molecule has 21 heavy (non-hydrogen) atoms. The highest BCUT2D eigenvalue weighted by molar-refractivity contribution is 7.19. The van der Waals surface area contributed by atoms with Crippen LogP contribution in [0.2, 0.25) is 0 Å². The average Bonchev–Trinajstić information content (AvgIpc) is 2.74. The summed E-state index contributed by atoms with van der Waals surface area (Å²) in [4.78, 5) is 24.1. The second-order valence-corrected chi connectivity index (χ2v) is 6.44. The fourth-order valence-corrected chi connectivity index (χ4v) is 3.25. The molecule has 1 aromatic rings. The molecule has 1 heterocycles. The third kappa shape index (κ3) is 4.46. The Morgan fingerprint density at radius 2 is 1.90 bits per heavy atom. The minimum atomic E-state index is -0.595. The molecular formula is C15H25N3O2S. The Morgan fingerprint density at radius 1 is 1.24 bits per heavy atom. The second-order valence-electron chi connectivity index (χ2n) is 5.42. The molecule has 1 rings (SSSR count). The molecule has 0 aliphatic rings. The Hall–Kier alpha value is -1.56. The van der Waals surface area contributed by atoms with Gasteiger partial charge in [-0.1, -0.05) is 40.0 Å². The maximum atomic E-state index is 12.1. The fourth-order valence-electron chi connectivity index (χ4n) is 2.01. The lowest BCUT2D eigenvalue weighted by Crippen LogP contribution is -2.16. The molecule has 1 aromatic heterocycles. The summed E-state index contributed by atoms with van der Waals surface area (Å²) in [5.41, 5.74) is 11.8. The molecule has 6 heteroatoms. The quantitative estimate of drug-likeness (QED) is 0.481. The Bertz CT molecular complexity index is 509. The van der Waals surface area contributed by atoms with Crippen LogP contribution in [0.1, 0.15) is 66.5 Å². The summed E-state index contributed by atoms with van der Waals surface area (Å²) in [7, 11) is 0. The first-order valence-electron chi connectivity index (χ1n) is 7.40. The lowest BCUT2D eigenvalue weighted by molar-refractivity contribution is 0.0944. The van der Waals surface area contributed by atoms with Crippen LogP contribution in [0.25, 0.3) is 0 Å². The summed E-state index contributed by atoms with van der Waals surface area (Å²) in [6.45, 7) is 6.52. The number of rotatable bonds is 9. The van der Waals surface area contributed by atoms with E-state index in [2.05, 4.69) is 12.2 Å². The maximum absolute atomic E-state index is 12.1.